The smallest absolute Gasteiger partial charge is 0.228 e. The van der Waals surface area contributed by atoms with Gasteiger partial charge in [0.2, 0.25) is 11.7 Å². The van der Waals surface area contributed by atoms with Gasteiger partial charge in [0.25, 0.3) is 0 Å². The van der Waals surface area contributed by atoms with E-state index >= 15 is 0 Å². The van der Waals surface area contributed by atoms with Crippen LogP contribution >= 0.6 is 15.9 Å². The Morgan fingerprint density at radius 3 is 2.83 bits per heavy atom. The molecule has 1 atom stereocenters. The lowest BCUT2D eigenvalue weighted by atomic mass is 10.2. The van der Waals surface area contributed by atoms with Gasteiger partial charge in [-0.1, -0.05) is 27.2 Å². The molecule has 29 heavy (non-hydrogen) atoms. The van der Waals surface area contributed by atoms with Crippen LogP contribution in [0.15, 0.2) is 68.7 Å². The van der Waals surface area contributed by atoms with Crippen LogP contribution in [0.25, 0.3) is 11.4 Å². The van der Waals surface area contributed by atoms with Gasteiger partial charge in [-0.2, -0.15) is 4.98 Å². The van der Waals surface area contributed by atoms with Crippen LogP contribution in [0.2, 0.25) is 0 Å². The second-order valence-electron chi connectivity index (χ2n) is 6.56. The summed E-state index contributed by atoms with van der Waals surface area (Å²) in [6.07, 6.45) is 3.24. The number of aliphatic hydroxyl groups is 1. The highest BCUT2D eigenvalue weighted by atomic mass is 79.9. The molecular formula is C21H24BrN3O4. The lowest BCUT2D eigenvalue weighted by molar-refractivity contribution is 0.0232. The van der Waals surface area contributed by atoms with Gasteiger partial charge in [0.1, 0.15) is 5.76 Å². The highest BCUT2D eigenvalue weighted by Gasteiger charge is 2.16. The topological polar surface area (TPSA) is 84.8 Å². The molecule has 0 spiro atoms. The molecule has 0 radical (unpaired) electrons. The van der Waals surface area contributed by atoms with E-state index in [1.54, 1.807) is 12.3 Å². The zero-order valence-electron chi connectivity index (χ0n) is 16.0. The number of hydrogen-bond donors (Lipinski definition) is 1. The summed E-state index contributed by atoms with van der Waals surface area (Å²) in [5.74, 6) is 1.93. The van der Waals surface area contributed by atoms with Crippen molar-refractivity contribution in [2.45, 2.75) is 19.1 Å². The highest BCUT2D eigenvalue weighted by molar-refractivity contribution is 9.10. The first-order chi connectivity index (χ1) is 14.1. The molecule has 0 aliphatic carbocycles. The Morgan fingerprint density at radius 2 is 2.10 bits per heavy atom. The molecule has 3 aromatic rings. The summed E-state index contributed by atoms with van der Waals surface area (Å²) in [6, 6.07) is 11.5. The molecule has 1 N–H and O–H groups in total. The molecule has 0 amide bonds. The lowest BCUT2D eigenvalue weighted by Crippen LogP contribution is -2.36. The second kappa shape index (κ2) is 11.1. The third-order valence-corrected chi connectivity index (χ3v) is 4.72. The van der Waals surface area contributed by atoms with Gasteiger partial charge in [0.05, 0.1) is 32.1 Å². The van der Waals surface area contributed by atoms with E-state index in [4.69, 9.17) is 13.7 Å². The number of rotatable bonds is 12. The van der Waals surface area contributed by atoms with Gasteiger partial charge in [-0.05, 0) is 36.4 Å². The van der Waals surface area contributed by atoms with Crippen molar-refractivity contribution >= 4 is 15.9 Å². The normalized spacial score (nSPS) is 12.4. The minimum absolute atomic E-state index is 0.245. The van der Waals surface area contributed by atoms with E-state index in [0.29, 0.717) is 44.4 Å². The highest BCUT2D eigenvalue weighted by Crippen LogP contribution is 2.19. The van der Waals surface area contributed by atoms with Gasteiger partial charge < -0.3 is 18.8 Å². The first-order valence-corrected chi connectivity index (χ1v) is 10.1. The zero-order valence-corrected chi connectivity index (χ0v) is 17.6. The Bertz CT molecular complexity index is 864. The number of aliphatic hydroxyl groups excluding tert-OH is 1. The van der Waals surface area contributed by atoms with Crippen LogP contribution < -0.4 is 0 Å². The monoisotopic (exact) mass is 461 g/mol. The second-order valence-corrected chi connectivity index (χ2v) is 7.48. The molecule has 2 aromatic heterocycles. The molecule has 0 fully saturated rings. The molecule has 0 aliphatic rings. The number of ether oxygens (including phenoxy) is 1. The van der Waals surface area contributed by atoms with Gasteiger partial charge in [0.15, 0.2) is 0 Å². The fraction of sp³-hybridized carbons (Fsp3) is 0.333. The van der Waals surface area contributed by atoms with E-state index in [2.05, 4.69) is 37.5 Å². The summed E-state index contributed by atoms with van der Waals surface area (Å²) >= 11 is 3.42. The summed E-state index contributed by atoms with van der Waals surface area (Å²) in [5, 5.41) is 14.3. The van der Waals surface area contributed by atoms with Crippen molar-refractivity contribution in [2.75, 3.05) is 26.3 Å². The van der Waals surface area contributed by atoms with Crippen molar-refractivity contribution in [2.24, 2.45) is 0 Å². The maximum atomic E-state index is 10.3. The molecule has 2 heterocycles. The van der Waals surface area contributed by atoms with Crippen LogP contribution in [-0.2, 0) is 17.7 Å². The van der Waals surface area contributed by atoms with Crippen LogP contribution in [0.1, 0.15) is 11.7 Å². The Hall–Kier alpha value is -2.26. The van der Waals surface area contributed by atoms with E-state index in [1.165, 1.54) is 0 Å². The maximum absolute atomic E-state index is 10.3. The Balaban J connectivity index is 1.58. The number of aromatic nitrogens is 2. The van der Waals surface area contributed by atoms with Crippen LogP contribution in [-0.4, -0.2) is 52.6 Å². The number of halogens is 1. The Labute approximate surface area is 178 Å². The van der Waals surface area contributed by atoms with Gasteiger partial charge >= 0.3 is 0 Å². The Morgan fingerprint density at radius 1 is 1.28 bits per heavy atom. The molecule has 154 valence electrons. The van der Waals surface area contributed by atoms with Gasteiger partial charge in [-0.25, -0.2) is 0 Å². The van der Waals surface area contributed by atoms with E-state index in [9.17, 15) is 5.11 Å². The molecule has 1 aromatic carbocycles. The minimum Gasteiger partial charge on any atom is -0.468 e. The summed E-state index contributed by atoms with van der Waals surface area (Å²) in [4.78, 5) is 6.55. The quantitative estimate of drug-likeness (QED) is 0.325. The molecule has 8 heteroatoms. The summed E-state index contributed by atoms with van der Waals surface area (Å²) in [6.45, 7) is 5.89. The standard InChI is InChI=1S/C21H24BrN3O4/c1-2-11-27-15-18(26)13-25(14-19-4-3-12-28-19)10-9-20-23-21(24-29-20)16-5-7-17(22)8-6-16/h2-8,12,18,26H,1,9-11,13-15H2. The Kier molecular flexibility index (Phi) is 8.18. The number of furan rings is 1. The van der Waals surface area contributed by atoms with E-state index in [-0.39, 0.29) is 6.61 Å². The molecule has 7 nitrogen and oxygen atoms in total. The minimum atomic E-state index is -0.620. The summed E-state index contributed by atoms with van der Waals surface area (Å²) < 4.78 is 17.2. The average molecular weight is 462 g/mol. The molecule has 0 bridgehead atoms. The fourth-order valence-electron chi connectivity index (χ4n) is 2.82. The van der Waals surface area contributed by atoms with Crippen LogP contribution in [0.5, 0.6) is 0 Å². The van der Waals surface area contributed by atoms with Crippen molar-refractivity contribution in [1.82, 2.24) is 15.0 Å². The number of benzene rings is 1. The van der Waals surface area contributed by atoms with Crippen LogP contribution in [0, 0.1) is 0 Å². The molecule has 0 saturated heterocycles. The third kappa shape index (κ3) is 6.93. The molecular weight excluding hydrogens is 438 g/mol. The summed E-state index contributed by atoms with van der Waals surface area (Å²) in [7, 11) is 0. The predicted molar refractivity (Wildman–Crippen MR) is 112 cm³/mol. The molecule has 0 saturated carbocycles. The van der Waals surface area contributed by atoms with E-state index < -0.39 is 6.10 Å². The van der Waals surface area contributed by atoms with Crippen molar-refractivity contribution in [1.29, 1.82) is 0 Å². The number of hydrogen-bond acceptors (Lipinski definition) is 7. The first kappa shape index (κ1) is 21.4. The van der Waals surface area contributed by atoms with Crippen molar-refractivity contribution in [3.63, 3.8) is 0 Å². The zero-order chi connectivity index (χ0) is 20.5. The van der Waals surface area contributed by atoms with Gasteiger partial charge in [-0.3, -0.25) is 4.90 Å². The maximum Gasteiger partial charge on any atom is 0.228 e. The third-order valence-electron chi connectivity index (χ3n) is 4.19. The largest absolute Gasteiger partial charge is 0.468 e. The van der Waals surface area contributed by atoms with Crippen molar-refractivity contribution in [3.05, 3.63) is 71.4 Å². The SMILES string of the molecule is C=CCOCC(O)CN(CCc1nc(-c2ccc(Br)cc2)no1)Cc1ccco1. The predicted octanol–water partition coefficient (Wildman–Crippen LogP) is 3.70. The van der Waals surface area contributed by atoms with Crippen molar-refractivity contribution < 1.29 is 18.8 Å². The first-order valence-electron chi connectivity index (χ1n) is 9.34. The van der Waals surface area contributed by atoms with Gasteiger partial charge in [-0.15, -0.1) is 6.58 Å². The average Bonchev–Trinajstić information content (AvgIpc) is 3.39. The van der Waals surface area contributed by atoms with Crippen LogP contribution in [0.3, 0.4) is 0 Å². The van der Waals surface area contributed by atoms with Crippen LogP contribution in [0.4, 0.5) is 0 Å². The number of nitrogens with zero attached hydrogens (tertiary/aromatic N) is 3. The van der Waals surface area contributed by atoms with Gasteiger partial charge in [0, 0.05) is 29.5 Å². The molecule has 1 unspecified atom stereocenters. The lowest BCUT2D eigenvalue weighted by Gasteiger charge is -2.23. The van der Waals surface area contributed by atoms with E-state index in [0.717, 1.165) is 15.8 Å². The van der Waals surface area contributed by atoms with Crippen molar-refractivity contribution in [3.8, 4) is 11.4 Å². The molecule has 0 aliphatic heterocycles. The molecule has 3 rings (SSSR count). The fourth-order valence-corrected chi connectivity index (χ4v) is 3.09. The van der Waals surface area contributed by atoms with E-state index in [1.807, 2.05) is 36.4 Å². The summed E-state index contributed by atoms with van der Waals surface area (Å²) in [5.41, 5.74) is 0.894.